The normalized spacial score (nSPS) is 46.2. The Balaban J connectivity index is 2.42. The average Bonchev–Trinajstić information content (AvgIpc) is 2.18. The SMILES string of the molecule is CC(C)OC1(O)C(C)C1C. The lowest BCUT2D eigenvalue weighted by atomic mass is 10.4. The smallest absolute Gasteiger partial charge is 0.171 e. The Bertz CT molecular complexity index is 123. The summed E-state index contributed by atoms with van der Waals surface area (Å²) < 4.78 is 5.33. The van der Waals surface area contributed by atoms with Crippen molar-refractivity contribution in [2.45, 2.75) is 39.6 Å². The first kappa shape index (κ1) is 8.02. The van der Waals surface area contributed by atoms with Crippen molar-refractivity contribution in [3.05, 3.63) is 0 Å². The van der Waals surface area contributed by atoms with Crippen molar-refractivity contribution >= 4 is 0 Å². The number of hydrogen-bond acceptors (Lipinski definition) is 2. The van der Waals surface area contributed by atoms with Crippen LogP contribution in [0.25, 0.3) is 0 Å². The molecule has 2 heteroatoms. The molecule has 1 aliphatic rings. The highest BCUT2D eigenvalue weighted by atomic mass is 16.6. The van der Waals surface area contributed by atoms with Crippen LogP contribution in [0.15, 0.2) is 0 Å². The number of rotatable bonds is 2. The van der Waals surface area contributed by atoms with E-state index < -0.39 is 5.79 Å². The summed E-state index contributed by atoms with van der Waals surface area (Å²) >= 11 is 0. The van der Waals surface area contributed by atoms with Crippen molar-refractivity contribution in [3.8, 4) is 0 Å². The van der Waals surface area contributed by atoms with Gasteiger partial charge >= 0.3 is 0 Å². The molecule has 1 saturated carbocycles. The van der Waals surface area contributed by atoms with Crippen molar-refractivity contribution in [2.75, 3.05) is 0 Å². The molecule has 10 heavy (non-hydrogen) atoms. The second kappa shape index (κ2) is 2.21. The van der Waals surface area contributed by atoms with Crippen molar-refractivity contribution in [1.82, 2.24) is 0 Å². The molecule has 0 saturated heterocycles. The van der Waals surface area contributed by atoms with Gasteiger partial charge in [-0.15, -0.1) is 0 Å². The molecule has 0 radical (unpaired) electrons. The van der Waals surface area contributed by atoms with Crippen molar-refractivity contribution in [1.29, 1.82) is 0 Å². The highest BCUT2D eigenvalue weighted by molar-refractivity contribution is 5.00. The van der Waals surface area contributed by atoms with Crippen LogP contribution < -0.4 is 0 Å². The van der Waals surface area contributed by atoms with E-state index in [9.17, 15) is 5.11 Å². The molecule has 0 heterocycles. The van der Waals surface area contributed by atoms with Gasteiger partial charge < -0.3 is 9.84 Å². The molecule has 2 nitrogen and oxygen atoms in total. The highest BCUT2D eigenvalue weighted by Gasteiger charge is 2.60. The zero-order chi connectivity index (χ0) is 7.94. The molecule has 1 fully saturated rings. The van der Waals surface area contributed by atoms with Crippen molar-refractivity contribution in [3.63, 3.8) is 0 Å². The maximum Gasteiger partial charge on any atom is 0.171 e. The van der Waals surface area contributed by atoms with E-state index in [1.165, 1.54) is 0 Å². The molecule has 0 aliphatic heterocycles. The number of aliphatic hydroxyl groups is 1. The average molecular weight is 144 g/mol. The van der Waals surface area contributed by atoms with Crippen LogP contribution in [0.5, 0.6) is 0 Å². The molecular weight excluding hydrogens is 128 g/mol. The van der Waals surface area contributed by atoms with Gasteiger partial charge in [0.15, 0.2) is 5.79 Å². The molecule has 2 unspecified atom stereocenters. The van der Waals surface area contributed by atoms with Gasteiger partial charge in [-0.1, -0.05) is 13.8 Å². The molecule has 0 amide bonds. The Morgan fingerprint density at radius 1 is 1.30 bits per heavy atom. The van der Waals surface area contributed by atoms with Crippen LogP contribution in [0.3, 0.4) is 0 Å². The first-order valence-electron chi connectivity index (χ1n) is 3.88. The summed E-state index contributed by atoms with van der Waals surface area (Å²) in [5.41, 5.74) is 0. The molecule has 1 aliphatic carbocycles. The molecule has 0 spiro atoms. The molecule has 0 aromatic rings. The lowest BCUT2D eigenvalue weighted by Gasteiger charge is -2.14. The Hall–Kier alpha value is -0.0800. The summed E-state index contributed by atoms with van der Waals surface area (Å²) in [6.07, 6.45) is 0.123. The van der Waals surface area contributed by atoms with Crippen LogP contribution in [0.2, 0.25) is 0 Å². The maximum absolute atomic E-state index is 9.61. The second-order valence-corrected chi connectivity index (χ2v) is 3.50. The predicted molar refractivity (Wildman–Crippen MR) is 39.5 cm³/mol. The summed E-state index contributed by atoms with van der Waals surface area (Å²) in [6.45, 7) is 7.89. The molecule has 1 N–H and O–H groups in total. The third-order valence-electron chi connectivity index (χ3n) is 2.37. The summed E-state index contributed by atoms with van der Waals surface area (Å²) in [4.78, 5) is 0. The Morgan fingerprint density at radius 2 is 1.70 bits per heavy atom. The van der Waals surface area contributed by atoms with E-state index in [2.05, 4.69) is 0 Å². The van der Waals surface area contributed by atoms with E-state index in [1.54, 1.807) is 0 Å². The van der Waals surface area contributed by atoms with Gasteiger partial charge in [-0.25, -0.2) is 0 Å². The van der Waals surface area contributed by atoms with Gasteiger partial charge in [-0.3, -0.25) is 0 Å². The monoisotopic (exact) mass is 144 g/mol. The Morgan fingerprint density at radius 3 is 1.80 bits per heavy atom. The minimum Gasteiger partial charge on any atom is -0.365 e. The largest absolute Gasteiger partial charge is 0.365 e. The fraction of sp³-hybridized carbons (Fsp3) is 1.00. The summed E-state index contributed by atoms with van der Waals surface area (Å²) in [6, 6.07) is 0. The van der Waals surface area contributed by atoms with Crippen molar-refractivity contribution in [2.24, 2.45) is 11.8 Å². The van der Waals surface area contributed by atoms with Crippen LogP contribution >= 0.6 is 0 Å². The van der Waals surface area contributed by atoms with E-state index in [-0.39, 0.29) is 6.10 Å². The quantitative estimate of drug-likeness (QED) is 0.593. The fourth-order valence-electron chi connectivity index (χ4n) is 1.31. The van der Waals surface area contributed by atoms with E-state index in [4.69, 9.17) is 4.74 Å². The Labute approximate surface area is 62.2 Å². The molecule has 2 atom stereocenters. The topological polar surface area (TPSA) is 29.5 Å². The van der Waals surface area contributed by atoms with Gasteiger partial charge in [0.2, 0.25) is 0 Å². The first-order chi connectivity index (χ1) is 4.48. The number of ether oxygens (including phenoxy) is 1. The van der Waals surface area contributed by atoms with E-state index in [0.29, 0.717) is 11.8 Å². The van der Waals surface area contributed by atoms with E-state index in [1.807, 2.05) is 27.7 Å². The van der Waals surface area contributed by atoms with E-state index in [0.717, 1.165) is 0 Å². The van der Waals surface area contributed by atoms with Crippen LogP contribution in [0, 0.1) is 11.8 Å². The van der Waals surface area contributed by atoms with Crippen LogP contribution in [-0.2, 0) is 4.74 Å². The first-order valence-corrected chi connectivity index (χ1v) is 3.88. The van der Waals surface area contributed by atoms with Gasteiger partial charge in [0.05, 0.1) is 6.10 Å². The molecular formula is C8H16O2. The Kier molecular flexibility index (Phi) is 1.77. The van der Waals surface area contributed by atoms with Crippen LogP contribution in [0.4, 0.5) is 0 Å². The van der Waals surface area contributed by atoms with Gasteiger partial charge in [0, 0.05) is 11.8 Å². The van der Waals surface area contributed by atoms with Crippen molar-refractivity contribution < 1.29 is 9.84 Å². The fourth-order valence-corrected chi connectivity index (χ4v) is 1.31. The molecule has 0 aromatic heterocycles. The van der Waals surface area contributed by atoms with Crippen LogP contribution in [0.1, 0.15) is 27.7 Å². The number of hydrogen-bond donors (Lipinski definition) is 1. The lowest BCUT2D eigenvalue weighted by molar-refractivity contribution is -0.166. The third kappa shape index (κ3) is 1.06. The maximum atomic E-state index is 9.61. The molecule has 60 valence electrons. The molecule has 1 rings (SSSR count). The van der Waals surface area contributed by atoms with Gasteiger partial charge in [0.1, 0.15) is 0 Å². The van der Waals surface area contributed by atoms with Gasteiger partial charge in [-0.05, 0) is 13.8 Å². The van der Waals surface area contributed by atoms with Crippen LogP contribution in [-0.4, -0.2) is 17.0 Å². The standard InChI is InChI=1S/C8H16O2/c1-5(2)10-8(9)6(3)7(8)4/h5-7,9H,1-4H3. The minimum absolute atomic E-state index is 0.123. The molecule has 0 aromatic carbocycles. The highest BCUT2D eigenvalue weighted by Crippen LogP contribution is 2.51. The zero-order valence-electron chi connectivity index (χ0n) is 7.09. The predicted octanol–water partition coefficient (Wildman–Crippen LogP) is 1.39. The zero-order valence-corrected chi connectivity index (χ0v) is 7.09. The summed E-state index contributed by atoms with van der Waals surface area (Å²) in [5, 5.41) is 9.61. The third-order valence-corrected chi connectivity index (χ3v) is 2.37. The molecule has 0 bridgehead atoms. The summed E-state index contributed by atoms with van der Waals surface area (Å²) in [5.74, 6) is -0.210. The van der Waals surface area contributed by atoms with Gasteiger partial charge in [-0.2, -0.15) is 0 Å². The van der Waals surface area contributed by atoms with E-state index >= 15 is 0 Å². The lowest BCUT2D eigenvalue weighted by Crippen LogP contribution is -2.22. The summed E-state index contributed by atoms with van der Waals surface area (Å²) in [7, 11) is 0. The minimum atomic E-state index is -0.811. The second-order valence-electron chi connectivity index (χ2n) is 3.50. The van der Waals surface area contributed by atoms with Gasteiger partial charge in [0.25, 0.3) is 0 Å².